The Hall–Kier alpha value is -0.940. The number of aryl methyl sites for hydroxylation is 1. The number of thioether (sulfide) groups is 1. The third-order valence-electron chi connectivity index (χ3n) is 3.07. The Labute approximate surface area is 106 Å². The Morgan fingerprint density at radius 1 is 1.59 bits per heavy atom. The SMILES string of the molecule is CC(=O)c1cnc(C2CSCCN2C)nc1C. The minimum Gasteiger partial charge on any atom is -0.295 e. The van der Waals surface area contributed by atoms with E-state index in [4.69, 9.17) is 0 Å². The summed E-state index contributed by atoms with van der Waals surface area (Å²) in [5.74, 6) is 3.05. The van der Waals surface area contributed by atoms with Crippen LogP contribution < -0.4 is 0 Å². The van der Waals surface area contributed by atoms with Crippen molar-refractivity contribution in [2.45, 2.75) is 19.9 Å². The van der Waals surface area contributed by atoms with Crippen LogP contribution in [-0.2, 0) is 0 Å². The van der Waals surface area contributed by atoms with Crippen molar-refractivity contribution in [2.75, 3.05) is 25.1 Å². The number of rotatable bonds is 2. The van der Waals surface area contributed by atoms with Gasteiger partial charge in [-0.25, -0.2) is 9.97 Å². The summed E-state index contributed by atoms with van der Waals surface area (Å²) in [7, 11) is 2.10. The van der Waals surface area contributed by atoms with Crippen molar-refractivity contribution < 1.29 is 4.79 Å². The van der Waals surface area contributed by atoms with E-state index in [2.05, 4.69) is 21.9 Å². The molecule has 0 amide bonds. The molecule has 0 N–H and O–H groups in total. The molecule has 4 nitrogen and oxygen atoms in total. The van der Waals surface area contributed by atoms with E-state index in [0.29, 0.717) is 5.56 Å². The van der Waals surface area contributed by atoms with Gasteiger partial charge < -0.3 is 0 Å². The first-order valence-corrected chi connectivity index (χ1v) is 6.87. The van der Waals surface area contributed by atoms with Gasteiger partial charge in [0, 0.05) is 24.2 Å². The molecule has 1 atom stereocenters. The predicted octanol–water partition coefficient (Wildman–Crippen LogP) is 1.71. The van der Waals surface area contributed by atoms with Gasteiger partial charge in [0.25, 0.3) is 0 Å². The summed E-state index contributed by atoms with van der Waals surface area (Å²) >= 11 is 1.93. The minimum atomic E-state index is 0.0282. The molecule has 17 heavy (non-hydrogen) atoms. The standard InChI is InChI=1S/C12H17N3OS/c1-8-10(9(2)16)6-13-12(14-8)11-7-17-5-4-15(11)3/h6,11H,4-5,7H2,1-3H3. The molecule has 1 aliphatic rings. The summed E-state index contributed by atoms with van der Waals surface area (Å²) in [6.07, 6.45) is 1.66. The molecule has 0 spiro atoms. The smallest absolute Gasteiger partial charge is 0.163 e. The van der Waals surface area contributed by atoms with Crippen LogP contribution in [0, 0.1) is 6.92 Å². The zero-order valence-corrected chi connectivity index (χ0v) is 11.3. The number of carbonyl (C=O) groups excluding carboxylic acids is 1. The quantitative estimate of drug-likeness (QED) is 0.749. The van der Waals surface area contributed by atoms with Gasteiger partial charge in [0.15, 0.2) is 5.78 Å². The van der Waals surface area contributed by atoms with Gasteiger partial charge >= 0.3 is 0 Å². The lowest BCUT2D eigenvalue weighted by molar-refractivity contribution is 0.101. The average Bonchev–Trinajstić information content (AvgIpc) is 2.29. The van der Waals surface area contributed by atoms with Crippen LogP contribution in [0.25, 0.3) is 0 Å². The third-order valence-corrected chi connectivity index (χ3v) is 4.09. The molecule has 1 unspecified atom stereocenters. The lowest BCUT2D eigenvalue weighted by atomic mass is 10.1. The molecule has 0 aliphatic carbocycles. The van der Waals surface area contributed by atoms with Crippen LogP contribution in [0.5, 0.6) is 0 Å². The second kappa shape index (κ2) is 5.14. The number of ketones is 1. The molecule has 0 bridgehead atoms. The van der Waals surface area contributed by atoms with Gasteiger partial charge in [-0.1, -0.05) is 0 Å². The van der Waals surface area contributed by atoms with Gasteiger partial charge in [0.1, 0.15) is 5.82 Å². The second-order valence-electron chi connectivity index (χ2n) is 4.35. The van der Waals surface area contributed by atoms with Gasteiger partial charge in [0.2, 0.25) is 0 Å². The topological polar surface area (TPSA) is 46.1 Å². The molecule has 2 rings (SSSR count). The van der Waals surface area contributed by atoms with Crippen LogP contribution in [-0.4, -0.2) is 45.7 Å². The molecule has 5 heteroatoms. The normalized spacial score (nSPS) is 21.5. The molecule has 1 aromatic rings. The van der Waals surface area contributed by atoms with Crippen molar-refractivity contribution in [1.29, 1.82) is 0 Å². The zero-order valence-electron chi connectivity index (χ0n) is 10.4. The molecule has 1 aromatic heterocycles. The van der Waals surface area contributed by atoms with Crippen LogP contribution in [0.4, 0.5) is 0 Å². The van der Waals surface area contributed by atoms with E-state index in [1.54, 1.807) is 13.1 Å². The maximum absolute atomic E-state index is 11.3. The molecule has 1 aliphatic heterocycles. The van der Waals surface area contributed by atoms with Crippen molar-refractivity contribution >= 4 is 17.5 Å². The number of hydrogen-bond donors (Lipinski definition) is 0. The number of Topliss-reactive ketones (excluding diaryl/α,β-unsaturated/α-hetero) is 1. The number of carbonyl (C=O) groups is 1. The van der Waals surface area contributed by atoms with E-state index < -0.39 is 0 Å². The number of hydrogen-bond acceptors (Lipinski definition) is 5. The van der Waals surface area contributed by atoms with Crippen LogP contribution in [0.3, 0.4) is 0 Å². The Morgan fingerprint density at radius 3 is 2.94 bits per heavy atom. The van der Waals surface area contributed by atoms with Gasteiger partial charge in [0.05, 0.1) is 17.3 Å². The van der Waals surface area contributed by atoms with Crippen LogP contribution in [0.1, 0.15) is 34.8 Å². The van der Waals surface area contributed by atoms with E-state index in [-0.39, 0.29) is 11.8 Å². The van der Waals surface area contributed by atoms with E-state index in [9.17, 15) is 4.79 Å². The largest absolute Gasteiger partial charge is 0.295 e. The molecule has 1 saturated heterocycles. The molecule has 1 fully saturated rings. The van der Waals surface area contributed by atoms with Gasteiger partial charge in [-0.2, -0.15) is 11.8 Å². The van der Waals surface area contributed by atoms with Gasteiger partial charge in [-0.3, -0.25) is 9.69 Å². The first-order valence-electron chi connectivity index (χ1n) is 5.72. The third kappa shape index (κ3) is 2.66. The second-order valence-corrected chi connectivity index (χ2v) is 5.50. The highest BCUT2D eigenvalue weighted by atomic mass is 32.2. The van der Waals surface area contributed by atoms with Crippen molar-refractivity contribution in [2.24, 2.45) is 0 Å². The van der Waals surface area contributed by atoms with Crippen molar-refractivity contribution in [3.05, 3.63) is 23.3 Å². The monoisotopic (exact) mass is 251 g/mol. The van der Waals surface area contributed by atoms with Crippen molar-refractivity contribution in [1.82, 2.24) is 14.9 Å². The Bertz CT molecular complexity index is 436. The molecule has 92 valence electrons. The summed E-state index contributed by atoms with van der Waals surface area (Å²) < 4.78 is 0. The predicted molar refractivity (Wildman–Crippen MR) is 69.5 cm³/mol. The fourth-order valence-corrected chi connectivity index (χ4v) is 3.16. The fourth-order valence-electron chi connectivity index (χ4n) is 1.95. The van der Waals surface area contributed by atoms with E-state index in [1.807, 2.05) is 18.7 Å². The first kappa shape index (κ1) is 12.5. The van der Waals surface area contributed by atoms with Crippen LogP contribution in [0.2, 0.25) is 0 Å². The molecular weight excluding hydrogens is 234 g/mol. The molecule has 2 heterocycles. The summed E-state index contributed by atoms with van der Waals surface area (Å²) in [5.41, 5.74) is 1.41. The van der Waals surface area contributed by atoms with Crippen LogP contribution >= 0.6 is 11.8 Å². The highest BCUT2D eigenvalue weighted by Gasteiger charge is 2.24. The van der Waals surface area contributed by atoms with E-state index in [1.165, 1.54) is 0 Å². The molecular formula is C12H17N3OS. The molecule has 0 radical (unpaired) electrons. The van der Waals surface area contributed by atoms with Crippen LogP contribution in [0.15, 0.2) is 6.20 Å². The molecule has 0 saturated carbocycles. The number of nitrogens with zero attached hydrogens (tertiary/aromatic N) is 3. The zero-order chi connectivity index (χ0) is 12.4. The molecule has 0 aromatic carbocycles. The lowest BCUT2D eigenvalue weighted by Crippen LogP contribution is -2.34. The maximum atomic E-state index is 11.3. The van der Waals surface area contributed by atoms with Gasteiger partial charge in [-0.05, 0) is 20.9 Å². The highest BCUT2D eigenvalue weighted by Crippen LogP contribution is 2.26. The Balaban J connectivity index is 2.27. The fraction of sp³-hybridized carbons (Fsp3) is 0.583. The Morgan fingerprint density at radius 2 is 2.35 bits per heavy atom. The van der Waals surface area contributed by atoms with Crippen molar-refractivity contribution in [3.63, 3.8) is 0 Å². The van der Waals surface area contributed by atoms with Crippen molar-refractivity contribution in [3.8, 4) is 0 Å². The first-order chi connectivity index (χ1) is 8.09. The van der Waals surface area contributed by atoms with E-state index in [0.717, 1.165) is 29.6 Å². The minimum absolute atomic E-state index is 0.0282. The summed E-state index contributed by atoms with van der Waals surface area (Å²) in [6.45, 7) is 4.48. The number of aromatic nitrogens is 2. The summed E-state index contributed by atoms with van der Waals surface area (Å²) in [4.78, 5) is 22.4. The summed E-state index contributed by atoms with van der Waals surface area (Å²) in [6, 6.07) is 0.272. The maximum Gasteiger partial charge on any atom is 0.163 e. The summed E-state index contributed by atoms with van der Waals surface area (Å²) in [5, 5.41) is 0. The average molecular weight is 251 g/mol. The van der Waals surface area contributed by atoms with E-state index >= 15 is 0 Å². The Kier molecular flexibility index (Phi) is 3.79. The van der Waals surface area contributed by atoms with Gasteiger partial charge in [-0.15, -0.1) is 0 Å². The highest BCUT2D eigenvalue weighted by molar-refractivity contribution is 7.99. The lowest BCUT2D eigenvalue weighted by Gasteiger charge is -2.30.